The largest absolute Gasteiger partial charge is 0.334 e. The van der Waals surface area contributed by atoms with Gasteiger partial charge in [-0.3, -0.25) is 14.9 Å². The predicted molar refractivity (Wildman–Crippen MR) is 92.7 cm³/mol. The lowest BCUT2D eigenvalue weighted by Crippen LogP contribution is -2.32. The standard InChI is InChI=1S/C18H21N3O3/c1-14-12-16(8-9-17(14)21(23)24)18(22)20(11-5-10-19)13-15-6-3-2-4-7-15/h2-4,6-9,12H,5,10-11,13,19H2,1H3. The molecule has 1 amide bonds. The minimum atomic E-state index is -0.445. The highest BCUT2D eigenvalue weighted by molar-refractivity contribution is 5.94. The van der Waals surface area contributed by atoms with Gasteiger partial charge in [-0.05, 0) is 37.6 Å². The molecule has 2 aromatic rings. The molecule has 0 aliphatic rings. The van der Waals surface area contributed by atoms with E-state index in [0.717, 1.165) is 5.56 Å². The van der Waals surface area contributed by atoms with Crippen molar-refractivity contribution in [3.05, 3.63) is 75.3 Å². The Labute approximate surface area is 141 Å². The zero-order chi connectivity index (χ0) is 17.5. The van der Waals surface area contributed by atoms with Crippen LogP contribution in [-0.4, -0.2) is 28.8 Å². The van der Waals surface area contributed by atoms with Gasteiger partial charge in [-0.25, -0.2) is 0 Å². The van der Waals surface area contributed by atoms with Crippen molar-refractivity contribution in [3.63, 3.8) is 0 Å². The number of aryl methyl sites for hydroxylation is 1. The number of nitro benzene ring substituents is 1. The Morgan fingerprint density at radius 2 is 1.92 bits per heavy atom. The molecule has 0 unspecified atom stereocenters. The molecule has 126 valence electrons. The van der Waals surface area contributed by atoms with Crippen molar-refractivity contribution in [3.8, 4) is 0 Å². The number of rotatable bonds is 7. The van der Waals surface area contributed by atoms with Crippen LogP contribution >= 0.6 is 0 Å². The molecule has 24 heavy (non-hydrogen) atoms. The molecule has 0 atom stereocenters. The fraction of sp³-hybridized carbons (Fsp3) is 0.278. The summed E-state index contributed by atoms with van der Waals surface area (Å²) in [5.41, 5.74) is 7.55. The Hall–Kier alpha value is -2.73. The van der Waals surface area contributed by atoms with Crippen LogP contribution in [0.25, 0.3) is 0 Å². The molecule has 0 fully saturated rings. The maximum Gasteiger partial charge on any atom is 0.272 e. The number of nitro groups is 1. The maximum absolute atomic E-state index is 12.8. The fourth-order valence-electron chi connectivity index (χ4n) is 2.51. The minimum Gasteiger partial charge on any atom is -0.334 e. The molecule has 6 nitrogen and oxygen atoms in total. The van der Waals surface area contributed by atoms with Crippen molar-refractivity contribution in [1.82, 2.24) is 4.90 Å². The van der Waals surface area contributed by atoms with E-state index in [0.29, 0.717) is 37.2 Å². The molecule has 0 aliphatic carbocycles. The first-order valence-corrected chi connectivity index (χ1v) is 7.81. The second-order valence-corrected chi connectivity index (χ2v) is 5.61. The predicted octanol–water partition coefficient (Wildman–Crippen LogP) is 2.89. The van der Waals surface area contributed by atoms with Gasteiger partial charge >= 0.3 is 0 Å². The Balaban J connectivity index is 2.23. The molecule has 0 bridgehead atoms. The van der Waals surface area contributed by atoms with E-state index in [1.54, 1.807) is 17.9 Å². The zero-order valence-electron chi connectivity index (χ0n) is 13.6. The van der Waals surface area contributed by atoms with E-state index in [4.69, 9.17) is 5.73 Å². The molecule has 2 rings (SSSR count). The van der Waals surface area contributed by atoms with Gasteiger partial charge in [-0.2, -0.15) is 0 Å². The van der Waals surface area contributed by atoms with Crippen molar-refractivity contribution in [2.75, 3.05) is 13.1 Å². The van der Waals surface area contributed by atoms with Gasteiger partial charge in [0.25, 0.3) is 11.6 Å². The number of carbonyl (C=O) groups excluding carboxylic acids is 1. The number of amides is 1. The van der Waals surface area contributed by atoms with Gasteiger partial charge < -0.3 is 10.6 Å². The van der Waals surface area contributed by atoms with Crippen LogP contribution in [0.3, 0.4) is 0 Å². The average Bonchev–Trinajstić information content (AvgIpc) is 2.58. The third kappa shape index (κ3) is 4.39. The Kier molecular flexibility index (Phi) is 6.03. The molecule has 0 aliphatic heterocycles. The lowest BCUT2D eigenvalue weighted by atomic mass is 10.1. The first-order chi connectivity index (χ1) is 11.5. The monoisotopic (exact) mass is 327 g/mol. The molecule has 0 saturated heterocycles. The minimum absolute atomic E-state index is 0.0168. The van der Waals surface area contributed by atoms with E-state index in [1.807, 2.05) is 30.3 Å². The molecule has 0 radical (unpaired) electrons. The van der Waals surface area contributed by atoms with Crippen molar-refractivity contribution in [2.24, 2.45) is 5.73 Å². The van der Waals surface area contributed by atoms with E-state index in [-0.39, 0.29) is 11.6 Å². The third-order valence-electron chi connectivity index (χ3n) is 3.78. The summed E-state index contributed by atoms with van der Waals surface area (Å²) in [6.45, 7) is 3.16. The summed E-state index contributed by atoms with van der Waals surface area (Å²) in [7, 11) is 0. The van der Waals surface area contributed by atoms with E-state index in [1.165, 1.54) is 12.1 Å². The number of carbonyl (C=O) groups is 1. The van der Waals surface area contributed by atoms with Crippen molar-refractivity contribution >= 4 is 11.6 Å². The zero-order valence-corrected chi connectivity index (χ0v) is 13.6. The Morgan fingerprint density at radius 3 is 2.50 bits per heavy atom. The highest BCUT2D eigenvalue weighted by Gasteiger charge is 2.19. The fourth-order valence-corrected chi connectivity index (χ4v) is 2.51. The highest BCUT2D eigenvalue weighted by atomic mass is 16.6. The molecular weight excluding hydrogens is 306 g/mol. The van der Waals surface area contributed by atoms with Crippen LogP contribution in [0.5, 0.6) is 0 Å². The van der Waals surface area contributed by atoms with Crippen LogP contribution in [0.2, 0.25) is 0 Å². The highest BCUT2D eigenvalue weighted by Crippen LogP contribution is 2.20. The Morgan fingerprint density at radius 1 is 1.21 bits per heavy atom. The summed E-state index contributed by atoms with van der Waals surface area (Å²) in [4.78, 5) is 25.0. The van der Waals surface area contributed by atoms with Gasteiger partial charge in [0.1, 0.15) is 0 Å². The van der Waals surface area contributed by atoms with E-state index < -0.39 is 4.92 Å². The number of benzene rings is 2. The summed E-state index contributed by atoms with van der Waals surface area (Å²) in [6.07, 6.45) is 0.699. The average molecular weight is 327 g/mol. The van der Waals surface area contributed by atoms with Crippen LogP contribution in [0.15, 0.2) is 48.5 Å². The van der Waals surface area contributed by atoms with Gasteiger partial charge in [-0.1, -0.05) is 30.3 Å². The summed E-state index contributed by atoms with van der Waals surface area (Å²) in [5.74, 6) is -0.148. The molecule has 6 heteroatoms. The van der Waals surface area contributed by atoms with Gasteiger partial charge in [0, 0.05) is 30.3 Å². The van der Waals surface area contributed by atoms with Crippen LogP contribution in [0.1, 0.15) is 27.9 Å². The maximum atomic E-state index is 12.8. The number of nitrogens with two attached hydrogens (primary N) is 1. The second kappa shape index (κ2) is 8.21. The summed E-state index contributed by atoms with van der Waals surface area (Å²) in [6, 6.07) is 14.2. The second-order valence-electron chi connectivity index (χ2n) is 5.61. The number of nitrogens with zero attached hydrogens (tertiary/aromatic N) is 2. The van der Waals surface area contributed by atoms with Crippen molar-refractivity contribution in [1.29, 1.82) is 0 Å². The molecule has 0 saturated carbocycles. The van der Waals surface area contributed by atoms with Gasteiger partial charge in [0.2, 0.25) is 0 Å². The topological polar surface area (TPSA) is 89.5 Å². The first kappa shape index (κ1) is 17.6. The molecule has 0 spiro atoms. The molecule has 0 heterocycles. The number of hydrogen-bond donors (Lipinski definition) is 1. The normalized spacial score (nSPS) is 10.4. The van der Waals surface area contributed by atoms with Gasteiger partial charge in [-0.15, -0.1) is 0 Å². The van der Waals surface area contributed by atoms with Crippen LogP contribution in [0.4, 0.5) is 5.69 Å². The SMILES string of the molecule is Cc1cc(C(=O)N(CCCN)Cc2ccccc2)ccc1[N+](=O)[O-]. The molecule has 2 N–H and O–H groups in total. The van der Waals surface area contributed by atoms with E-state index in [9.17, 15) is 14.9 Å². The number of hydrogen-bond acceptors (Lipinski definition) is 4. The van der Waals surface area contributed by atoms with Gasteiger partial charge in [0.05, 0.1) is 4.92 Å². The van der Waals surface area contributed by atoms with Crippen LogP contribution in [-0.2, 0) is 6.54 Å². The quantitative estimate of drug-likeness (QED) is 0.625. The molecular formula is C18H21N3O3. The van der Waals surface area contributed by atoms with Crippen molar-refractivity contribution < 1.29 is 9.72 Å². The lowest BCUT2D eigenvalue weighted by Gasteiger charge is -2.23. The van der Waals surface area contributed by atoms with Crippen molar-refractivity contribution in [2.45, 2.75) is 19.9 Å². The van der Waals surface area contributed by atoms with Crippen LogP contribution < -0.4 is 5.73 Å². The third-order valence-corrected chi connectivity index (χ3v) is 3.78. The van der Waals surface area contributed by atoms with Gasteiger partial charge in [0.15, 0.2) is 0 Å². The summed E-state index contributed by atoms with van der Waals surface area (Å²) >= 11 is 0. The van der Waals surface area contributed by atoms with E-state index >= 15 is 0 Å². The lowest BCUT2D eigenvalue weighted by molar-refractivity contribution is -0.385. The van der Waals surface area contributed by atoms with Crippen LogP contribution in [0, 0.1) is 17.0 Å². The Bertz CT molecular complexity index is 717. The first-order valence-electron chi connectivity index (χ1n) is 7.81. The summed E-state index contributed by atoms with van der Waals surface area (Å²) in [5, 5.41) is 10.9. The van der Waals surface area contributed by atoms with E-state index in [2.05, 4.69) is 0 Å². The molecule has 0 aromatic heterocycles. The molecule has 2 aromatic carbocycles. The summed E-state index contributed by atoms with van der Waals surface area (Å²) < 4.78 is 0. The smallest absolute Gasteiger partial charge is 0.272 e.